The number of benzene rings is 2. The third kappa shape index (κ3) is 5.49. The number of carbonyl (C=O) groups excluding carboxylic acids is 1. The molecule has 1 aliphatic heterocycles. The van der Waals surface area contributed by atoms with Gasteiger partial charge >= 0.3 is 0 Å². The predicted molar refractivity (Wildman–Crippen MR) is 119 cm³/mol. The molecule has 162 valence electrons. The number of amides is 1. The zero-order valence-corrected chi connectivity index (χ0v) is 17.9. The average Bonchev–Trinajstić information content (AvgIpc) is 3.34. The van der Waals surface area contributed by atoms with Crippen molar-refractivity contribution in [2.24, 2.45) is 0 Å². The van der Waals surface area contributed by atoms with E-state index in [0.717, 1.165) is 24.4 Å². The van der Waals surface area contributed by atoms with Crippen LogP contribution in [0.3, 0.4) is 0 Å². The van der Waals surface area contributed by atoms with Gasteiger partial charge in [-0.05, 0) is 61.3 Å². The number of carbonyl (C=O) groups is 1. The van der Waals surface area contributed by atoms with Crippen molar-refractivity contribution in [1.29, 1.82) is 0 Å². The van der Waals surface area contributed by atoms with E-state index < -0.39 is 0 Å². The second kappa shape index (κ2) is 10.2. The Morgan fingerprint density at radius 1 is 1.06 bits per heavy atom. The number of hydrogen-bond acceptors (Lipinski definition) is 5. The molecular weight excluding hydrogens is 390 g/mol. The monoisotopic (exact) mass is 419 g/mol. The highest BCUT2D eigenvalue weighted by molar-refractivity contribution is 5.94. The van der Waals surface area contributed by atoms with Gasteiger partial charge in [0, 0.05) is 12.1 Å². The second-order valence-corrected chi connectivity index (χ2v) is 7.89. The van der Waals surface area contributed by atoms with Gasteiger partial charge in [0.1, 0.15) is 18.4 Å². The lowest BCUT2D eigenvalue weighted by molar-refractivity contribution is 0.0924. The largest absolute Gasteiger partial charge is 0.497 e. The molecule has 0 radical (unpaired) electrons. The number of hydrogen-bond donors (Lipinski definition) is 1. The fraction of sp³-hybridized carbons (Fsp3) is 0.375. The predicted octanol–water partition coefficient (Wildman–Crippen LogP) is 3.29. The zero-order chi connectivity index (χ0) is 21.5. The van der Waals surface area contributed by atoms with E-state index in [1.807, 2.05) is 36.4 Å². The van der Waals surface area contributed by atoms with Crippen LogP contribution >= 0.6 is 0 Å². The summed E-state index contributed by atoms with van der Waals surface area (Å²) in [4.78, 5) is 19.2. The first kappa shape index (κ1) is 21.1. The summed E-state index contributed by atoms with van der Waals surface area (Å²) < 4.78 is 7.06. The summed E-state index contributed by atoms with van der Waals surface area (Å²) in [5, 5.41) is 7.26. The van der Waals surface area contributed by atoms with Crippen LogP contribution in [-0.2, 0) is 6.54 Å². The van der Waals surface area contributed by atoms with Gasteiger partial charge in [-0.25, -0.2) is 9.67 Å². The van der Waals surface area contributed by atoms with Crippen molar-refractivity contribution in [2.45, 2.75) is 31.8 Å². The lowest BCUT2D eigenvalue weighted by atomic mass is 10.0. The molecule has 1 aromatic heterocycles. The van der Waals surface area contributed by atoms with E-state index in [1.165, 1.54) is 31.2 Å². The number of methoxy groups -OCH3 is 1. The fourth-order valence-electron chi connectivity index (χ4n) is 4.07. The normalized spacial score (nSPS) is 15.4. The van der Waals surface area contributed by atoms with Crippen LogP contribution in [0.4, 0.5) is 0 Å². The van der Waals surface area contributed by atoms with Crippen molar-refractivity contribution < 1.29 is 9.53 Å². The molecule has 0 bridgehead atoms. The number of aromatic nitrogens is 3. The highest BCUT2D eigenvalue weighted by atomic mass is 16.5. The molecule has 4 rings (SSSR count). The molecule has 1 amide bonds. The van der Waals surface area contributed by atoms with Crippen LogP contribution in [0.25, 0.3) is 0 Å². The molecule has 7 heteroatoms. The van der Waals surface area contributed by atoms with Crippen LogP contribution in [0.15, 0.2) is 61.2 Å². The maximum Gasteiger partial charge on any atom is 0.251 e. The molecule has 1 fully saturated rings. The number of piperidine rings is 1. The van der Waals surface area contributed by atoms with Crippen molar-refractivity contribution in [2.75, 3.05) is 26.7 Å². The van der Waals surface area contributed by atoms with Crippen LogP contribution in [0.1, 0.15) is 46.8 Å². The Labute approximate surface area is 183 Å². The van der Waals surface area contributed by atoms with E-state index in [1.54, 1.807) is 18.1 Å². The van der Waals surface area contributed by atoms with Crippen molar-refractivity contribution in [3.63, 3.8) is 0 Å². The maximum absolute atomic E-state index is 12.8. The van der Waals surface area contributed by atoms with Gasteiger partial charge in [0.2, 0.25) is 0 Å². The van der Waals surface area contributed by atoms with E-state index in [-0.39, 0.29) is 11.9 Å². The molecule has 2 aromatic carbocycles. The Morgan fingerprint density at radius 3 is 2.45 bits per heavy atom. The minimum Gasteiger partial charge on any atom is -0.497 e. The second-order valence-electron chi connectivity index (χ2n) is 7.89. The molecule has 31 heavy (non-hydrogen) atoms. The van der Waals surface area contributed by atoms with Crippen molar-refractivity contribution in [1.82, 2.24) is 25.0 Å². The molecule has 7 nitrogen and oxygen atoms in total. The summed E-state index contributed by atoms with van der Waals surface area (Å²) in [6, 6.07) is 16.0. The van der Waals surface area contributed by atoms with E-state index in [2.05, 4.69) is 32.4 Å². The molecule has 1 saturated heterocycles. The summed E-state index contributed by atoms with van der Waals surface area (Å²) in [5.74, 6) is 0.791. The Balaban J connectivity index is 1.41. The molecule has 0 saturated carbocycles. The van der Waals surface area contributed by atoms with Crippen molar-refractivity contribution >= 4 is 5.91 Å². The maximum atomic E-state index is 12.8. The Morgan fingerprint density at radius 2 is 1.81 bits per heavy atom. The lowest BCUT2D eigenvalue weighted by Crippen LogP contribution is -2.40. The van der Waals surface area contributed by atoms with Crippen molar-refractivity contribution in [3.8, 4) is 5.75 Å². The topological polar surface area (TPSA) is 72.3 Å². The Hall–Kier alpha value is -3.19. The molecule has 1 aliphatic rings. The average molecular weight is 420 g/mol. The summed E-state index contributed by atoms with van der Waals surface area (Å²) in [7, 11) is 1.68. The number of nitrogens with one attached hydrogen (secondary N) is 1. The van der Waals surface area contributed by atoms with Crippen LogP contribution in [-0.4, -0.2) is 52.3 Å². The number of ether oxygens (including phenoxy) is 1. The SMILES string of the molecule is COc1ccc(C(CNC(=O)c2ccc(Cn3cncn3)cc2)N2CCCCC2)cc1. The molecule has 1 unspecified atom stereocenters. The van der Waals surface area contributed by atoms with Crippen LogP contribution in [0, 0.1) is 0 Å². The lowest BCUT2D eigenvalue weighted by Gasteiger charge is -2.35. The molecular formula is C24H29N5O2. The molecule has 0 spiro atoms. The first-order chi connectivity index (χ1) is 15.2. The Kier molecular flexibility index (Phi) is 6.94. The summed E-state index contributed by atoms with van der Waals surface area (Å²) in [6.07, 6.45) is 6.88. The molecule has 2 heterocycles. The standard InChI is InChI=1S/C24H29N5O2/c1-31-22-11-9-20(10-12-22)23(28-13-3-2-4-14-28)15-26-24(30)21-7-5-19(6-8-21)16-29-18-25-17-27-29/h5-12,17-18,23H,2-4,13-16H2,1H3,(H,26,30). The zero-order valence-electron chi connectivity index (χ0n) is 17.9. The van der Waals surface area contributed by atoms with Crippen LogP contribution in [0.2, 0.25) is 0 Å². The number of likely N-dealkylation sites (tertiary alicyclic amines) is 1. The first-order valence-electron chi connectivity index (χ1n) is 10.8. The van der Waals surface area contributed by atoms with E-state index >= 15 is 0 Å². The third-order valence-electron chi connectivity index (χ3n) is 5.82. The fourth-order valence-corrected chi connectivity index (χ4v) is 4.07. The van der Waals surface area contributed by atoms with Gasteiger partial charge in [-0.1, -0.05) is 30.7 Å². The van der Waals surface area contributed by atoms with Crippen LogP contribution < -0.4 is 10.1 Å². The van der Waals surface area contributed by atoms with E-state index in [9.17, 15) is 4.79 Å². The molecule has 1 atom stereocenters. The minimum absolute atomic E-state index is 0.0529. The van der Waals surface area contributed by atoms with Gasteiger partial charge < -0.3 is 10.1 Å². The van der Waals surface area contributed by atoms with Gasteiger partial charge in [0.25, 0.3) is 5.91 Å². The van der Waals surface area contributed by atoms with E-state index in [4.69, 9.17) is 4.74 Å². The number of rotatable bonds is 8. The third-order valence-corrected chi connectivity index (χ3v) is 5.82. The summed E-state index contributed by atoms with van der Waals surface area (Å²) in [6.45, 7) is 3.33. The quantitative estimate of drug-likeness (QED) is 0.607. The summed E-state index contributed by atoms with van der Waals surface area (Å²) >= 11 is 0. The molecule has 0 aliphatic carbocycles. The minimum atomic E-state index is -0.0529. The highest BCUT2D eigenvalue weighted by Gasteiger charge is 2.23. The van der Waals surface area contributed by atoms with Gasteiger partial charge in [-0.3, -0.25) is 9.69 Å². The smallest absolute Gasteiger partial charge is 0.251 e. The van der Waals surface area contributed by atoms with Gasteiger partial charge in [0.05, 0.1) is 19.7 Å². The number of nitrogens with zero attached hydrogens (tertiary/aromatic N) is 4. The van der Waals surface area contributed by atoms with E-state index in [0.29, 0.717) is 18.7 Å². The highest BCUT2D eigenvalue weighted by Crippen LogP contribution is 2.26. The Bertz CT molecular complexity index is 949. The first-order valence-corrected chi connectivity index (χ1v) is 10.8. The summed E-state index contributed by atoms with van der Waals surface area (Å²) in [5.41, 5.74) is 2.94. The van der Waals surface area contributed by atoms with Crippen LogP contribution in [0.5, 0.6) is 5.75 Å². The molecule has 3 aromatic rings. The molecule has 1 N–H and O–H groups in total. The van der Waals surface area contributed by atoms with Gasteiger partial charge in [0.15, 0.2) is 0 Å². The van der Waals surface area contributed by atoms with Crippen molar-refractivity contribution in [3.05, 3.63) is 77.9 Å². The van der Waals surface area contributed by atoms with Gasteiger partial charge in [-0.2, -0.15) is 5.10 Å². The van der Waals surface area contributed by atoms with Gasteiger partial charge in [-0.15, -0.1) is 0 Å².